The van der Waals surface area contributed by atoms with E-state index in [0.717, 1.165) is 45.2 Å². The molecule has 0 unspecified atom stereocenters. The third-order valence-electron chi connectivity index (χ3n) is 6.35. The first-order chi connectivity index (χ1) is 15.3. The van der Waals surface area contributed by atoms with Crippen LogP contribution in [0.3, 0.4) is 0 Å². The summed E-state index contributed by atoms with van der Waals surface area (Å²) in [7, 11) is 2.03. The summed E-state index contributed by atoms with van der Waals surface area (Å²) >= 11 is 6.82. The van der Waals surface area contributed by atoms with Gasteiger partial charge < -0.3 is 19.5 Å². The molecule has 1 saturated carbocycles. The van der Waals surface area contributed by atoms with Gasteiger partial charge in [0.15, 0.2) is 0 Å². The van der Waals surface area contributed by atoms with Gasteiger partial charge in [-0.3, -0.25) is 4.79 Å². The fourth-order valence-corrected chi connectivity index (χ4v) is 4.66. The summed E-state index contributed by atoms with van der Waals surface area (Å²) < 4.78 is 17.5. The SMILES string of the molecule is CCCC/C=C(/Cl)c1c(N2CCN(C)CC2)c(F)cc2c(=O)c(C(=O)O)cn(C3CC3)c12.Cl. The van der Waals surface area contributed by atoms with Crippen molar-refractivity contribution in [3.8, 4) is 0 Å². The minimum Gasteiger partial charge on any atom is -0.477 e. The lowest BCUT2D eigenvalue weighted by atomic mass is 10.0. The normalized spacial score (nSPS) is 17.3. The summed E-state index contributed by atoms with van der Waals surface area (Å²) in [6.07, 6.45) is 7.78. The highest BCUT2D eigenvalue weighted by Gasteiger charge is 2.32. The van der Waals surface area contributed by atoms with Crippen LogP contribution in [0.15, 0.2) is 23.1 Å². The Morgan fingerprint density at radius 1 is 1.27 bits per heavy atom. The van der Waals surface area contributed by atoms with Crippen LogP contribution < -0.4 is 10.3 Å². The molecule has 1 N–H and O–H groups in total. The Kier molecular flexibility index (Phi) is 8.08. The largest absolute Gasteiger partial charge is 0.477 e. The average Bonchev–Trinajstić information content (AvgIpc) is 3.59. The van der Waals surface area contributed by atoms with Crippen LogP contribution in [-0.4, -0.2) is 53.8 Å². The molecule has 2 aromatic rings. The number of hydrogen-bond acceptors (Lipinski definition) is 4. The molecule has 33 heavy (non-hydrogen) atoms. The van der Waals surface area contributed by atoms with E-state index >= 15 is 4.39 Å². The number of aromatic carboxylic acids is 1. The van der Waals surface area contributed by atoms with Crippen molar-refractivity contribution in [2.24, 2.45) is 0 Å². The number of carboxylic acids is 1. The second-order valence-electron chi connectivity index (χ2n) is 8.78. The Morgan fingerprint density at radius 3 is 2.52 bits per heavy atom. The molecule has 1 aromatic carbocycles. The molecule has 1 saturated heterocycles. The fraction of sp³-hybridized carbons (Fsp3) is 0.500. The molecule has 0 radical (unpaired) electrons. The Bertz CT molecular complexity index is 1140. The third-order valence-corrected chi connectivity index (χ3v) is 6.70. The number of pyridine rings is 1. The zero-order valence-electron chi connectivity index (χ0n) is 18.9. The maximum atomic E-state index is 15.6. The van der Waals surface area contributed by atoms with Crippen LogP contribution in [0.2, 0.25) is 0 Å². The third kappa shape index (κ3) is 5.05. The zero-order chi connectivity index (χ0) is 23.0. The molecule has 2 aliphatic rings. The van der Waals surface area contributed by atoms with Crippen molar-refractivity contribution in [1.29, 1.82) is 0 Å². The first-order valence-corrected chi connectivity index (χ1v) is 11.7. The molecule has 180 valence electrons. The Balaban J connectivity index is 0.00000306. The molecule has 1 aliphatic carbocycles. The van der Waals surface area contributed by atoms with Gasteiger partial charge in [0.2, 0.25) is 5.43 Å². The Hall–Kier alpha value is -2.09. The van der Waals surface area contributed by atoms with Crippen molar-refractivity contribution in [2.75, 3.05) is 38.1 Å². The van der Waals surface area contributed by atoms with Crippen molar-refractivity contribution in [1.82, 2.24) is 9.47 Å². The summed E-state index contributed by atoms with van der Waals surface area (Å²) in [5.74, 6) is -1.85. The second-order valence-corrected chi connectivity index (χ2v) is 9.19. The smallest absolute Gasteiger partial charge is 0.341 e. The molecule has 0 spiro atoms. The number of rotatable bonds is 7. The maximum absolute atomic E-state index is 15.6. The number of nitrogens with zero attached hydrogens (tertiary/aromatic N) is 3. The van der Waals surface area contributed by atoms with E-state index in [1.165, 1.54) is 12.3 Å². The zero-order valence-corrected chi connectivity index (χ0v) is 20.5. The maximum Gasteiger partial charge on any atom is 0.341 e. The van der Waals surface area contributed by atoms with Gasteiger partial charge in [0, 0.05) is 49.0 Å². The number of halogens is 3. The molecule has 2 heterocycles. The fourth-order valence-electron chi connectivity index (χ4n) is 4.37. The van der Waals surface area contributed by atoms with Gasteiger partial charge >= 0.3 is 5.97 Å². The molecule has 1 aromatic heterocycles. The lowest BCUT2D eigenvalue weighted by molar-refractivity contribution is 0.0695. The highest BCUT2D eigenvalue weighted by molar-refractivity contribution is 6.50. The number of benzene rings is 1. The summed E-state index contributed by atoms with van der Waals surface area (Å²) in [6.45, 7) is 4.97. The van der Waals surface area contributed by atoms with E-state index in [2.05, 4.69) is 11.8 Å². The standard InChI is InChI=1S/C24H29ClFN3O3.ClH/c1-3-4-5-6-18(25)20-21-16(13-19(26)22(20)28-11-9-27(2)10-12-28)23(30)17(24(31)32)14-29(21)15-7-8-15;/h6,13-15H,3-5,7-12H2,1-2H3,(H,31,32);1H/b18-6+;. The molecule has 0 atom stereocenters. The van der Waals surface area contributed by atoms with Crippen molar-refractivity contribution >= 4 is 51.6 Å². The van der Waals surface area contributed by atoms with Crippen molar-refractivity contribution in [2.45, 2.75) is 45.1 Å². The number of piperazine rings is 1. The number of aromatic nitrogens is 1. The van der Waals surface area contributed by atoms with E-state index in [-0.39, 0.29) is 29.4 Å². The van der Waals surface area contributed by atoms with Gasteiger partial charge in [-0.1, -0.05) is 37.4 Å². The molecule has 1 aliphatic heterocycles. The van der Waals surface area contributed by atoms with Gasteiger partial charge in [-0.2, -0.15) is 0 Å². The van der Waals surface area contributed by atoms with E-state index in [0.29, 0.717) is 34.9 Å². The summed E-state index contributed by atoms with van der Waals surface area (Å²) in [5.41, 5.74) is 0.430. The van der Waals surface area contributed by atoms with Crippen LogP contribution in [0, 0.1) is 5.82 Å². The van der Waals surface area contributed by atoms with Crippen molar-refractivity contribution < 1.29 is 14.3 Å². The predicted molar refractivity (Wildman–Crippen MR) is 134 cm³/mol. The highest BCUT2D eigenvalue weighted by Crippen LogP contribution is 2.43. The number of anilines is 1. The summed E-state index contributed by atoms with van der Waals surface area (Å²) in [6, 6.07) is 1.29. The molecule has 4 rings (SSSR count). The number of likely N-dealkylation sites (N-methyl/N-ethyl adjacent to an activating group) is 1. The predicted octanol–water partition coefficient (Wildman–Crippen LogP) is 5.12. The number of allylic oxidation sites excluding steroid dienone is 1. The summed E-state index contributed by atoms with van der Waals surface area (Å²) in [5, 5.41) is 10.1. The summed E-state index contributed by atoms with van der Waals surface area (Å²) in [4.78, 5) is 28.9. The molecule has 6 nitrogen and oxygen atoms in total. The second kappa shape index (κ2) is 10.5. The monoisotopic (exact) mass is 497 g/mol. The van der Waals surface area contributed by atoms with E-state index < -0.39 is 17.2 Å². The van der Waals surface area contributed by atoms with Crippen LogP contribution in [0.25, 0.3) is 15.9 Å². The van der Waals surface area contributed by atoms with Gasteiger partial charge in [0.05, 0.1) is 16.6 Å². The van der Waals surface area contributed by atoms with Gasteiger partial charge in [-0.05, 0) is 32.4 Å². The number of carboxylic acid groups (broad SMARTS) is 1. The van der Waals surface area contributed by atoms with E-state index in [1.54, 1.807) is 0 Å². The van der Waals surface area contributed by atoms with Gasteiger partial charge in [0.25, 0.3) is 0 Å². The van der Waals surface area contributed by atoms with Gasteiger partial charge in [-0.25, -0.2) is 9.18 Å². The first-order valence-electron chi connectivity index (χ1n) is 11.3. The van der Waals surface area contributed by atoms with Crippen molar-refractivity contribution in [3.05, 3.63) is 45.5 Å². The van der Waals surface area contributed by atoms with Gasteiger partial charge in [0.1, 0.15) is 11.4 Å². The average molecular weight is 498 g/mol. The van der Waals surface area contributed by atoms with Crippen LogP contribution in [-0.2, 0) is 0 Å². The van der Waals surface area contributed by atoms with Crippen LogP contribution in [0.4, 0.5) is 10.1 Å². The number of unbranched alkanes of at least 4 members (excludes halogenated alkanes) is 2. The lowest BCUT2D eigenvalue weighted by Gasteiger charge is -2.36. The minimum absolute atomic E-state index is 0. The molecule has 0 amide bonds. The number of fused-ring (bicyclic) bond motifs is 1. The van der Waals surface area contributed by atoms with E-state index in [4.69, 9.17) is 11.6 Å². The topological polar surface area (TPSA) is 65.8 Å². The van der Waals surface area contributed by atoms with Gasteiger partial charge in [-0.15, -0.1) is 12.4 Å². The minimum atomic E-state index is -1.30. The van der Waals surface area contributed by atoms with Crippen molar-refractivity contribution in [3.63, 3.8) is 0 Å². The van der Waals surface area contributed by atoms with E-state index in [1.807, 2.05) is 22.6 Å². The number of carbonyl (C=O) groups is 1. The van der Waals surface area contributed by atoms with E-state index in [9.17, 15) is 14.7 Å². The number of hydrogen-bond donors (Lipinski definition) is 1. The molecule has 0 bridgehead atoms. The van der Waals surface area contributed by atoms with Crippen LogP contribution >= 0.6 is 24.0 Å². The molecule has 9 heteroatoms. The molecular formula is C24H30Cl2FN3O3. The molecule has 2 fully saturated rings. The quantitative estimate of drug-likeness (QED) is 0.537. The van der Waals surface area contributed by atoms with Crippen LogP contribution in [0.5, 0.6) is 0 Å². The molecular weight excluding hydrogens is 468 g/mol. The highest BCUT2D eigenvalue weighted by atomic mass is 35.5. The lowest BCUT2D eigenvalue weighted by Crippen LogP contribution is -2.45. The first kappa shape index (κ1) is 25.5. The Labute approximate surface area is 204 Å². The van der Waals surface area contributed by atoms with Crippen LogP contribution in [0.1, 0.15) is 61.0 Å². The Morgan fingerprint density at radius 2 is 1.94 bits per heavy atom.